The van der Waals surface area contributed by atoms with Crippen LogP contribution in [0, 0.1) is 0 Å². The van der Waals surface area contributed by atoms with E-state index in [2.05, 4.69) is 46.1 Å². The summed E-state index contributed by atoms with van der Waals surface area (Å²) in [5.74, 6) is 0.908. The Morgan fingerprint density at radius 1 is 1.25 bits per heavy atom. The lowest BCUT2D eigenvalue weighted by Crippen LogP contribution is -2.18. The van der Waals surface area contributed by atoms with Crippen molar-refractivity contribution in [1.29, 1.82) is 0 Å². The molecule has 0 saturated heterocycles. The molecule has 1 unspecified atom stereocenters. The highest BCUT2D eigenvalue weighted by Crippen LogP contribution is 2.25. The van der Waals surface area contributed by atoms with Gasteiger partial charge in [-0.25, -0.2) is 0 Å². The van der Waals surface area contributed by atoms with Crippen molar-refractivity contribution in [3.8, 4) is 5.75 Å². The molecule has 1 heterocycles. The van der Waals surface area contributed by atoms with E-state index in [0.717, 1.165) is 22.5 Å². The summed E-state index contributed by atoms with van der Waals surface area (Å²) in [6.07, 6.45) is 1.78. The molecule has 2 rings (SSSR count). The van der Waals surface area contributed by atoms with Crippen molar-refractivity contribution in [1.82, 2.24) is 10.3 Å². The maximum absolute atomic E-state index is 5.91. The standard InChI is InChI=1S/C16H19BrN2O/c1-3-18-12(2)15-6-4-5-7-16(15)20-11-14-9-8-13(17)10-19-14/h4-10,12,18H,3,11H2,1-2H3. The molecule has 0 aliphatic rings. The van der Waals surface area contributed by atoms with Crippen LogP contribution in [0.4, 0.5) is 0 Å². The van der Waals surface area contributed by atoms with E-state index in [4.69, 9.17) is 4.74 Å². The summed E-state index contributed by atoms with van der Waals surface area (Å²) < 4.78 is 6.89. The molecule has 106 valence electrons. The second-order valence-electron chi connectivity index (χ2n) is 4.57. The highest BCUT2D eigenvalue weighted by Gasteiger charge is 2.10. The van der Waals surface area contributed by atoms with Crippen LogP contribution in [0.3, 0.4) is 0 Å². The average molecular weight is 335 g/mol. The molecule has 0 spiro atoms. The van der Waals surface area contributed by atoms with Gasteiger partial charge >= 0.3 is 0 Å². The Hall–Kier alpha value is -1.39. The number of hydrogen-bond donors (Lipinski definition) is 1. The summed E-state index contributed by atoms with van der Waals surface area (Å²) in [5, 5.41) is 3.41. The second-order valence-corrected chi connectivity index (χ2v) is 5.49. The third-order valence-corrected chi connectivity index (χ3v) is 3.53. The lowest BCUT2D eigenvalue weighted by molar-refractivity contribution is 0.295. The molecule has 4 heteroatoms. The van der Waals surface area contributed by atoms with Crippen LogP contribution in [-0.4, -0.2) is 11.5 Å². The molecule has 1 N–H and O–H groups in total. The fourth-order valence-electron chi connectivity index (χ4n) is 2.03. The molecule has 0 bridgehead atoms. The van der Waals surface area contributed by atoms with Gasteiger partial charge < -0.3 is 10.1 Å². The van der Waals surface area contributed by atoms with Gasteiger partial charge in [0.15, 0.2) is 0 Å². The molecule has 0 fully saturated rings. The zero-order chi connectivity index (χ0) is 14.4. The number of ether oxygens (including phenoxy) is 1. The highest BCUT2D eigenvalue weighted by atomic mass is 79.9. The Bertz CT molecular complexity index is 542. The third kappa shape index (κ3) is 4.05. The summed E-state index contributed by atoms with van der Waals surface area (Å²) in [7, 11) is 0. The molecule has 20 heavy (non-hydrogen) atoms. The zero-order valence-electron chi connectivity index (χ0n) is 11.8. The first-order valence-electron chi connectivity index (χ1n) is 6.76. The average Bonchev–Trinajstić information content (AvgIpc) is 2.47. The van der Waals surface area contributed by atoms with Crippen molar-refractivity contribution in [2.24, 2.45) is 0 Å². The molecule has 1 aromatic heterocycles. The number of nitrogens with one attached hydrogen (secondary N) is 1. The number of aromatic nitrogens is 1. The fraction of sp³-hybridized carbons (Fsp3) is 0.312. The quantitative estimate of drug-likeness (QED) is 0.863. The Morgan fingerprint density at radius 2 is 2.05 bits per heavy atom. The molecule has 2 aromatic rings. The van der Waals surface area contributed by atoms with Gasteiger partial charge in [-0.2, -0.15) is 0 Å². The minimum absolute atomic E-state index is 0.272. The van der Waals surface area contributed by atoms with Gasteiger partial charge in [-0.3, -0.25) is 4.98 Å². The summed E-state index contributed by atoms with van der Waals surface area (Å²) in [5.41, 5.74) is 2.09. The van der Waals surface area contributed by atoms with E-state index in [-0.39, 0.29) is 6.04 Å². The lowest BCUT2D eigenvalue weighted by atomic mass is 10.1. The predicted octanol–water partition coefficient (Wildman–Crippen LogP) is 4.09. The van der Waals surface area contributed by atoms with Crippen molar-refractivity contribution in [3.05, 3.63) is 58.3 Å². The van der Waals surface area contributed by atoms with Gasteiger partial charge in [0.1, 0.15) is 12.4 Å². The molecule has 1 atom stereocenters. The molecule has 1 aromatic carbocycles. The van der Waals surface area contributed by atoms with Crippen LogP contribution in [0.15, 0.2) is 47.1 Å². The Morgan fingerprint density at radius 3 is 2.75 bits per heavy atom. The summed E-state index contributed by atoms with van der Waals surface area (Å²) in [6, 6.07) is 12.3. The second kappa shape index (κ2) is 7.41. The molecule has 0 radical (unpaired) electrons. The monoisotopic (exact) mass is 334 g/mol. The van der Waals surface area contributed by atoms with E-state index in [1.54, 1.807) is 6.20 Å². The maximum Gasteiger partial charge on any atom is 0.130 e. The topological polar surface area (TPSA) is 34.1 Å². The number of benzene rings is 1. The zero-order valence-corrected chi connectivity index (χ0v) is 13.4. The van der Waals surface area contributed by atoms with E-state index < -0.39 is 0 Å². The van der Waals surface area contributed by atoms with E-state index in [1.807, 2.05) is 30.3 Å². The molecule has 0 aliphatic heterocycles. The van der Waals surface area contributed by atoms with Crippen LogP contribution in [0.25, 0.3) is 0 Å². The Labute approximate surface area is 128 Å². The van der Waals surface area contributed by atoms with Crippen molar-refractivity contribution in [3.63, 3.8) is 0 Å². The minimum Gasteiger partial charge on any atom is -0.487 e. The van der Waals surface area contributed by atoms with Crippen LogP contribution in [0.5, 0.6) is 5.75 Å². The summed E-state index contributed by atoms with van der Waals surface area (Å²) in [6.45, 7) is 5.65. The van der Waals surface area contributed by atoms with Gasteiger partial charge in [-0.1, -0.05) is 25.1 Å². The normalized spacial score (nSPS) is 12.2. The SMILES string of the molecule is CCNC(C)c1ccccc1OCc1ccc(Br)cn1. The van der Waals surface area contributed by atoms with Crippen molar-refractivity contribution < 1.29 is 4.74 Å². The van der Waals surface area contributed by atoms with Gasteiger partial charge in [0.2, 0.25) is 0 Å². The molecule has 0 amide bonds. The lowest BCUT2D eigenvalue weighted by Gasteiger charge is -2.17. The van der Waals surface area contributed by atoms with E-state index in [9.17, 15) is 0 Å². The van der Waals surface area contributed by atoms with Gasteiger partial charge in [0.25, 0.3) is 0 Å². The summed E-state index contributed by atoms with van der Waals surface area (Å²) in [4.78, 5) is 4.32. The van der Waals surface area contributed by atoms with E-state index in [0.29, 0.717) is 6.61 Å². The van der Waals surface area contributed by atoms with Crippen molar-refractivity contribution >= 4 is 15.9 Å². The highest BCUT2D eigenvalue weighted by molar-refractivity contribution is 9.10. The fourth-order valence-corrected chi connectivity index (χ4v) is 2.26. The molecule has 3 nitrogen and oxygen atoms in total. The Kier molecular flexibility index (Phi) is 5.56. The van der Waals surface area contributed by atoms with E-state index in [1.165, 1.54) is 5.56 Å². The van der Waals surface area contributed by atoms with E-state index >= 15 is 0 Å². The van der Waals surface area contributed by atoms with Gasteiger partial charge in [0, 0.05) is 22.3 Å². The maximum atomic E-state index is 5.91. The number of nitrogens with zero attached hydrogens (tertiary/aromatic N) is 1. The number of halogens is 1. The van der Waals surface area contributed by atoms with Crippen LogP contribution < -0.4 is 10.1 Å². The van der Waals surface area contributed by atoms with Crippen molar-refractivity contribution in [2.45, 2.75) is 26.5 Å². The number of para-hydroxylation sites is 1. The molecule has 0 saturated carbocycles. The van der Waals surface area contributed by atoms with Gasteiger partial charge in [0.05, 0.1) is 5.69 Å². The van der Waals surface area contributed by atoms with Crippen LogP contribution in [0.2, 0.25) is 0 Å². The van der Waals surface area contributed by atoms with Gasteiger partial charge in [-0.05, 0) is 47.6 Å². The van der Waals surface area contributed by atoms with Crippen molar-refractivity contribution in [2.75, 3.05) is 6.54 Å². The smallest absolute Gasteiger partial charge is 0.130 e. The molecule has 0 aliphatic carbocycles. The number of rotatable bonds is 6. The third-order valence-electron chi connectivity index (χ3n) is 3.06. The largest absolute Gasteiger partial charge is 0.487 e. The number of pyridine rings is 1. The van der Waals surface area contributed by atoms with Gasteiger partial charge in [-0.15, -0.1) is 0 Å². The summed E-state index contributed by atoms with van der Waals surface area (Å²) >= 11 is 3.38. The minimum atomic E-state index is 0.272. The first-order valence-corrected chi connectivity index (χ1v) is 7.55. The molecular weight excluding hydrogens is 316 g/mol. The van der Waals surface area contributed by atoms with Crippen LogP contribution in [0.1, 0.15) is 31.1 Å². The molecular formula is C16H19BrN2O. The first kappa shape index (κ1) is 15.0. The first-order chi connectivity index (χ1) is 9.70. The number of hydrogen-bond acceptors (Lipinski definition) is 3. The predicted molar refractivity (Wildman–Crippen MR) is 84.8 cm³/mol. The van der Waals surface area contributed by atoms with Crippen LogP contribution >= 0.6 is 15.9 Å². The Balaban J connectivity index is 2.07. The van der Waals surface area contributed by atoms with Crippen LogP contribution in [-0.2, 0) is 6.61 Å².